The van der Waals surface area contributed by atoms with Crippen molar-refractivity contribution in [2.75, 3.05) is 19.1 Å². The van der Waals surface area contributed by atoms with Crippen molar-refractivity contribution in [2.45, 2.75) is 6.04 Å². The molecular formula is C6H11NO2S. The van der Waals surface area contributed by atoms with Crippen molar-refractivity contribution < 1.29 is 8.42 Å². The maximum atomic E-state index is 10.6. The lowest BCUT2D eigenvalue weighted by Gasteiger charge is -2.05. The molecule has 0 aromatic carbocycles. The van der Waals surface area contributed by atoms with Crippen molar-refractivity contribution in [3.05, 3.63) is 0 Å². The van der Waals surface area contributed by atoms with Crippen LogP contribution >= 0.6 is 0 Å². The largest absolute Gasteiger partial charge is 0.306 e. The van der Waals surface area contributed by atoms with Gasteiger partial charge in [0.05, 0.1) is 11.8 Å². The minimum Gasteiger partial charge on any atom is -0.306 e. The summed E-state index contributed by atoms with van der Waals surface area (Å²) in [6.45, 7) is 0. The van der Waals surface area contributed by atoms with E-state index in [0.29, 0.717) is 0 Å². The molecule has 0 radical (unpaired) electrons. The van der Waals surface area contributed by atoms with E-state index in [1.54, 1.807) is 7.05 Å². The van der Waals surface area contributed by atoms with E-state index < -0.39 is 9.84 Å². The Morgan fingerprint density at radius 3 is 2.30 bits per heavy atom. The van der Waals surface area contributed by atoms with Crippen LogP contribution in [-0.4, -0.2) is 33.5 Å². The molecule has 0 rings (SSSR count). The predicted octanol–water partition coefficient (Wildman–Crippen LogP) is -0.748. The maximum Gasteiger partial charge on any atom is 0.149 e. The maximum absolute atomic E-state index is 10.6. The molecule has 0 fully saturated rings. The van der Waals surface area contributed by atoms with Crippen molar-refractivity contribution in [1.29, 1.82) is 0 Å². The second kappa shape index (κ2) is 3.59. The van der Waals surface area contributed by atoms with E-state index in [4.69, 9.17) is 6.42 Å². The topological polar surface area (TPSA) is 46.2 Å². The van der Waals surface area contributed by atoms with Gasteiger partial charge in [0, 0.05) is 6.26 Å². The van der Waals surface area contributed by atoms with Gasteiger partial charge in [-0.3, -0.25) is 0 Å². The highest BCUT2D eigenvalue weighted by atomic mass is 32.2. The summed E-state index contributed by atoms with van der Waals surface area (Å²) in [4.78, 5) is 0. The van der Waals surface area contributed by atoms with Crippen molar-refractivity contribution in [1.82, 2.24) is 5.32 Å². The van der Waals surface area contributed by atoms with Crippen molar-refractivity contribution in [3.8, 4) is 12.3 Å². The van der Waals surface area contributed by atoms with E-state index in [1.807, 2.05) is 0 Å². The molecule has 0 aliphatic rings. The molecule has 0 aliphatic carbocycles. The fourth-order valence-electron chi connectivity index (χ4n) is 0.518. The average molecular weight is 161 g/mol. The molecule has 0 aromatic heterocycles. The molecule has 0 spiro atoms. The number of rotatable bonds is 3. The molecule has 4 heteroatoms. The van der Waals surface area contributed by atoms with Gasteiger partial charge in [0.15, 0.2) is 0 Å². The van der Waals surface area contributed by atoms with E-state index in [-0.39, 0.29) is 11.8 Å². The van der Waals surface area contributed by atoms with Crippen molar-refractivity contribution in [2.24, 2.45) is 0 Å². The van der Waals surface area contributed by atoms with Crippen LogP contribution in [0.2, 0.25) is 0 Å². The fourth-order valence-corrected chi connectivity index (χ4v) is 1.39. The van der Waals surface area contributed by atoms with Crippen LogP contribution in [0.25, 0.3) is 0 Å². The van der Waals surface area contributed by atoms with Gasteiger partial charge in [-0.25, -0.2) is 8.42 Å². The van der Waals surface area contributed by atoms with E-state index in [9.17, 15) is 8.42 Å². The highest BCUT2D eigenvalue weighted by Crippen LogP contribution is 1.87. The second-order valence-electron chi connectivity index (χ2n) is 2.10. The summed E-state index contributed by atoms with van der Waals surface area (Å²) in [5.74, 6) is 2.32. The number of terminal acetylenes is 1. The molecule has 0 bridgehead atoms. The van der Waals surface area contributed by atoms with E-state index in [0.717, 1.165) is 6.26 Å². The first-order valence-corrected chi connectivity index (χ1v) is 4.87. The summed E-state index contributed by atoms with van der Waals surface area (Å²) < 4.78 is 21.2. The highest BCUT2D eigenvalue weighted by molar-refractivity contribution is 7.90. The number of sulfone groups is 1. The third kappa shape index (κ3) is 4.36. The van der Waals surface area contributed by atoms with Crippen LogP contribution in [0.5, 0.6) is 0 Å². The van der Waals surface area contributed by atoms with Crippen LogP contribution < -0.4 is 5.32 Å². The molecular weight excluding hydrogens is 150 g/mol. The molecule has 1 N–H and O–H groups in total. The van der Waals surface area contributed by atoms with Gasteiger partial charge in [-0.2, -0.15) is 0 Å². The van der Waals surface area contributed by atoms with Crippen LogP contribution in [-0.2, 0) is 9.84 Å². The van der Waals surface area contributed by atoms with Crippen LogP contribution in [0.3, 0.4) is 0 Å². The lowest BCUT2D eigenvalue weighted by atomic mass is 10.4. The molecule has 0 amide bonds. The minimum absolute atomic E-state index is 0. The van der Waals surface area contributed by atoms with Crippen molar-refractivity contribution in [3.63, 3.8) is 0 Å². The SMILES string of the molecule is C#CC(CS(C)(=O)=O)NC. The molecule has 0 saturated heterocycles. The molecule has 0 aliphatic heterocycles. The number of nitrogens with one attached hydrogen (secondary N) is 1. The Hall–Kier alpha value is -0.530. The molecule has 3 nitrogen and oxygen atoms in total. The zero-order valence-electron chi connectivity index (χ0n) is 6.09. The first-order valence-electron chi connectivity index (χ1n) is 2.80. The van der Waals surface area contributed by atoms with E-state index in [1.165, 1.54) is 0 Å². The lowest BCUT2D eigenvalue weighted by Crippen LogP contribution is -2.30. The third-order valence-corrected chi connectivity index (χ3v) is 1.96. The van der Waals surface area contributed by atoms with E-state index >= 15 is 0 Å². The molecule has 10 heavy (non-hydrogen) atoms. The summed E-state index contributed by atoms with van der Waals surface area (Å²) in [6.07, 6.45) is 6.17. The van der Waals surface area contributed by atoms with Crippen LogP contribution in [0.4, 0.5) is 0 Å². The normalized spacial score (nSPS) is 14.1. The highest BCUT2D eigenvalue weighted by Gasteiger charge is 2.09. The average Bonchev–Trinajstić information content (AvgIpc) is 1.81. The minimum atomic E-state index is -2.95. The number of hydrogen-bond donors (Lipinski definition) is 1. The summed E-state index contributed by atoms with van der Waals surface area (Å²) in [7, 11) is -1.32. The van der Waals surface area contributed by atoms with Crippen LogP contribution in [0.15, 0.2) is 0 Å². The van der Waals surface area contributed by atoms with Gasteiger partial charge >= 0.3 is 0 Å². The van der Waals surface area contributed by atoms with Gasteiger partial charge in [-0.1, -0.05) is 5.92 Å². The van der Waals surface area contributed by atoms with Gasteiger partial charge in [0.25, 0.3) is 0 Å². The molecule has 1 unspecified atom stereocenters. The quantitative estimate of drug-likeness (QED) is 0.554. The first kappa shape index (κ1) is 9.47. The molecule has 0 saturated carbocycles. The number of hydrogen-bond acceptors (Lipinski definition) is 3. The van der Waals surface area contributed by atoms with Crippen molar-refractivity contribution >= 4 is 9.84 Å². The fraction of sp³-hybridized carbons (Fsp3) is 0.667. The van der Waals surface area contributed by atoms with Gasteiger partial charge in [0.1, 0.15) is 9.84 Å². The van der Waals surface area contributed by atoms with Gasteiger partial charge < -0.3 is 5.32 Å². The summed E-state index contributed by atoms with van der Waals surface area (Å²) in [5.41, 5.74) is 0. The molecule has 58 valence electrons. The Morgan fingerprint density at radius 2 is 2.20 bits per heavy atom. The zero-order valence-corrected chi connectivity index (χ0v) is 6.90. The van der Waals surface area contributed by atoms with Crippen LogP contribution in [0, 0.1) is 12.3 Å². The van der Waals surface area contributed by atoms with Gasteiger partial charge in [-0.05, 0) is 7.05 Å². The Balaban J connectivity index is 4.04. The molecule has 1 atom stereocenters. The van der Waals surface area contributed by atoms with Crippen LogP contribution in [0.1, 0.15) is 0 Å². The Kier molecular flexibility index (Phi) is 3.40. The van der Waals surface area contributed by atoms with E-state index in [2.05, 4.69) is 11.2 Å². The Bertz CT molecular complexity index is 225. The summed E-state index contributed by atoms with van der Waals surface area (Å²) in [5, 5.41) is 2.69. The Labute approximate surface area is 61.7 Å². The molecule has 0 aromatic rings. The van der Waals surface area contributed by atoms with Gasteiger partial charge in [-0.15, -0.1) is 6.42 Å². The Morgan fingerprint density at radius 1 is 1.70 bits per heavy atom. The standard InChI is InChI=1S/C6H11NO2S/c1-4-6(7-2)5-10(3,8)9/h1,6-7H,5H2,2-3H3. The lowest BCUT2D eigenvalue weighted by molar-refractivity contribution is 0.593. The zero-order chi connectivity index (χ0) is 8.20. The second-order valence-corrected chi connectivity index (χ2v) is 4.29. The monoisotopic (exact) mass is 161 g/mol. The molecule has 0 heterocycles. The third-order valence-electron chi connectivity index (χ3n) is 1.02. The van der Waals surface area contributed by atoms with Gasteiger partial charge in [0.2, 0.25) is 0 Å². The smallest absolute Gasteiger partial charge is 0.149 e. The summed E-state index contributed by atoms with van der Waals surface area (Å²) >= 11 is 0. The first-order chi connectivity index (χ1) is 4.49. The predicted molar refractivity (Wildman–Crippen MR) is 41.4 cm³/mol. The summed E-state index contributed by atoms with van der Waals surface area (Å²) in [6, 6.07) is -0.366.